The Morgan fingerprint density at radius 2 is 2.22 bits per heavy atom. The molecule has 18 heavy (non-hydrogen) atoms. The van der Waals surface area contributed by atoms with Gasteiger partial charge in [-0.1, -0.05) is 19.1 Å². The molecule has 2 rings (SSSR count). The highest BCUT2D eigenvalue weighted by molar-refractivity contribution is 7.93. The average molecular weight is 288 g/mol. The molecule has 1 aliphatic rings. The Hall–Kier alpha value is -1.21. The molecule has 98 valence electrons. The number of hydrogen-bond donors (Lipinski definition) is 1. The van der Waals surface area contributed by atoms with Crippen molar-refractivity contribution in [2.24, 2.45) is 11.7 Å². The third kappa shape index (κ3) is 2.32. The molecule has 0 bridgehead atoms. The highest BCUT2D eigenvalue weighted by Crippen LogP contribution is 2.28. The van der Waals surface area contributed by atoms with Crippen LogP contribution in [0, 0.1) is 11.7 Å². The molecule has 0 spiro atoms. The van der Waals surface area contributed by atoms with Crippen molar-refractivity contribution in [3.8, 4) is 0 Å². The fourth-order valence-corrected chi connectivity index (χ4v) is 4.10. The first-order valence-corrected chi connectivity index (χ1v) is 7.43. The minimum atomic E-state index is -3.32. The summed E-state index contributed by atoms with van der Waals surface area (Å²) in [6.07, 6.45) is 0. The van der Waals surface area contributed by atoms with Crippen molar-refractivity contribution in [2.45, 2.75) is 6.92 Å². The Bertz CT molecular complexity index is 601. The molecule has 1 fully saturated rings. The van der Waals surface area contributed by atoms with E-state index in [-0.39, 0.29) is 22.2 Å². The zero-order valence-electron chi connectivity index (χ0n) is 9.76. The maximum absolute atomic E-state index is 13.4. The first-order valence-electron chi connectivity index (χ1n) is 5.41. The maximum atomic E-state index is 13.4. The smallest absolute Gasteiger partial charge is 0.235 e. The Labute approximate surface area is 111 Å². The molecule has 2 N–H and O–H groups in total. The van der Waals surface area contributed by atoms with E-state index in [9.17, 15) is 12.8 Å². The summed E-state index contributed by atoms with van der Waals surface area (Å²) in [6.45, 7) is 2.25. The second-order valence-corrected chi connectivity index (χ2v) is 6.82. The number of rotatable bonds is 2. The van der Waals surface area contributed by atoms with E-state index in [2.05, 4.69) is 0 Å². The SMILES string of the molecule is CC1CN(c2ccc(F)c(C(N)=S)c2)S(=O)(=O)C1. The molecule has 0 saturated carbocycles. The monoisotopic (exact) mass is 288 g/mol. The van der Waals surface area contributed by atoms with Crippen LogP contribution >= 0.6 is 12.2 Å². The summed E-state index contributed by atoms with van der Waals surface area (Å²) in [7, 11) is -3.32. The second kappa shape index (κ2) is 4.47. The number of benzene rings is 1. The van der Waals surface area contributed by atoms with Gasteiger partial charge in [0.15, 0.2) is 0 Å². The van der Waals surface area contributed by atoms with E-state index in [1.165, 1.54) is 22.5 Å². The van der Waals surface area contributed by atoms with Crippen LogP contribution in [0.1, 0.15) is 12.5 Å². The van der Waals surface area contributed by atoms with E-state index in [4.69, 9.17) is 18.0 Å². The minimum absolute atomic E-state index is 0.0494. The van der Waals surface area contributed by atoms with Crippen LogP contribution in [0.2, 0.25) is 0 Å². The quantitative estimate of drug-likeness (QED) is 0.832. The van der Waals surface area contributed by atoms with Crippen LogP contribution in [-0.4, -0.2) is 25.7 Å². The van der Waals surface area contributed by atoms with Crippen LogP contribution in [-0.2, 0) is 10.0 Å². The van der Waals surface area contributed by atoms with Crippen molar-refractivity contribution in [2.75, 3.05) is 16.6 Å². The molecule has 1 aromatic carbocycles. The third-order valence-electron chi connectivity index (χ3n) is 2.81. The number of anilines is 1. The summed E-state index contributed by atoms with van der Waals surface area (Å²) in [6, 6.07) is 3.99. The molecule has 1 aromatic rings. The van der Waals surface area contributed by atoms with Gasteiger partial charge in [0.2, 0.25) is 10.0 Å². The molecule has 1 unspecified atom stereocenters. The lowest BCUT2D eigenvalue weighted by molar-refractivity contribution is 0.597. The molecule has 1 atom stereocenters. The van der Waals surface area contributed by atoms with Crippen molar-refractivity contribution < 1.29 is 12.8 Å². The van der Waals surface area contributed by atoms with Gasteiger partial charge in [0.1, 0.15) is 10.8 Å². The van der Waals surface area contributed by atoms with Crippen LogP contribution in [0.5, 0.6) is 0 Å². The van der Waals surface area contributed by atoms with E-state index in [0.29, 0.717) is 12.2 Å². The average Bonchev–Trinajstić information content (AvgIpc) is 2.52. The summed E-state index contributed by atoms with van der Waals surface area (Å²) in [5, 5.41) is 0. The van der Waals surface area contributed by atoms with Gasteiger partial charge in [-0.25, -0.2) is 12.8 Å². The predicted molar refractivity (Wildman–Crippen MR) is 72.6 cm³/mol. The second-order valence-electron chi connectivity index (χ2n) is 4.44. The standard InChI is InChI=1S/C11H13FN2O2S2/c1-7-5-14(18(15,16)6-7)8-2-3-10(12)9(4-8)11(13)17/h2-4,7H,5-6H2,1H3,(H2,13,17). The number of thiocarbonyl (C=S) groups is 1. The van der Waals surface area contributed by atoms with Gasteiger partial charge in [0.25, 0.3) is 0 Å². The summed E-state index contributed by atoms with van der Waals surface area (Å²) in [5.41, 5.74) is 5.87. The van der Waals surface area contributed by atoms with Gasteiger partial charge in [-0.05, 0) is 24.1 Å². The molecule has 4 nitrogen and oxygen atoms in total. The predicted octanol–water partition coefficient (Wildman–Crippen LogP) is 1.25. The van der Waals surface area contributed by atoms with Crippen molar-refractivity contribution in [3.05, 3.63) is 29.6 Å². The van der Waals surface area contributed by atoms with Gasteiger partial charge in [-0.15, -0.1) is 0 Å². The number of sulfonamides is 1. The third-order valence-corrected chi connectivity index (χ3v) is 5.05. The fourth-order valence-electron chi connectivity index (χ4n) is 2.02. The molecule has 0 aliphatic carbocycles. The first-order chi connectivity index (χ1) is 8.31. The van der Waals surface area contributed by atoms with Crippen molar-refractivity contribution >= 4 is 32.9 Å². The number of nitrogens with zero attached hydrogens (tertiary/aromatic N) is 1. The maximum Gasteiger partial charge on any atom is 0.235 e. The van der Waals surface area contributed by atoms with Gasteiger partial charge >= 0.3 is 0 Å². The van der Waals surface area contributed by atoms with E-state index in [1.54, 1.807) is 0 Å². The van der Waals surface area contributed by atoms with Crippen LogP contribution in [0.4, 0.5) is 10.1 Å². The zero-order valence-corrected chi connectivity index (χ0v) is 11.4. The van der Waals surface area contributed by atoms with E-state index in [1.807, 2.05) is 6.92 Å². The Balaban J connectivity index is 2.47. The Kier molecular flexibility index (Phi) is 3.29. The molecular weight excluding hydrogens is 275 g/mol. The van der Waals surface area contributed by atoms with Gasteiger partial charge in [-0.3, -0.25) is 4.31 Å². The fraction of sp³-hybridized carbons (Fsp3) is 0.364. The molecule has 1 aliphatic heterocycles. The summed E-state index contributed by atoms with van der Waals surface area (Å²) in [5.74, 6) is -0.392. The van der Waals surface area contributed by atoms with Crippen LogP contribution in [0.25, 0.3) is 0 Å². The molecule has 1 heterocycles. The van der Waals surface area contributed by atoms with Crippen molar-refractivity contribution in [3.63, 3.8) is 0 Å². The molecule has 7 heteroatoms. The van der Waals surface area contributed by atoms with Crippen LogP contribution in [0.15, 0.2) is 18.2 Å². The van der Waals surface area contributed by atoms with E-state index in [0.717, 1.165) is 0 Å². The summed E-state index contributed by atoms with van der Waals surface area (Å²) >= 11 is 4.73. The van der Waals surface area contributed by atoms with Gasteiger partial charge in [-0.2, -0.15) is 0 Å². The molecule has 0 amide bonds. The Morgan fingerprint density at radius 1 is 1.56 bits per heavy atom. The van der Waals surface area contributed by atoms with Crippen LogP contribution in [0.3, 0.4) is 0 Å². The van der Waals surface area contributed by atoms with E-state index >= 15 is 0 Å². The normalized spacial score (nSPS) is 22.1. The van der Waals surface area contributed by atoms with Gasteiger partial charge < -0.3 is 5.73 Å². The highest BCUT2D eigenvalue weighted by atomic mass is 32.2. The van der Waals surface area contributed by atoms with Gasteiger partial charge in [0, 0.05) is 12.1 Å². The molecular formula is C11H13FN2O2S2. The lowest BCUT2D eigenvalue weighted by Crippen LogP contribution is -2.26. The molecule has 0 radical (unpaired) electrons. The molecule has 1 saturated heterocycles. The van der Waals surface area contributed by atoms with E-state index < -0.39 is 15.8 Å². The lowest BCUT2D eigenvalue weighted by atomic mass is 10.1. The highest BCUT2D eigenvalue weighted by Gasteiger charge is 2.33. The first kappa shape index (κ1) is 13.2. The summed E-state index contributed by atoms with van der Waals surface area (Å²) < 4.78 is 38.5. The summed E-state index contributed by atoms with van der Waals surface area (Å²) in [4.78, 5) is -0.0843. The minimum Gasteiger partial charge on any atom is -0.389 e. The number of hydrogen-bond acceptors (Lipinski definition) is 3. The zero-order chi connectivity index (χ0) is 13.5. The van der Waals surface area contributed by atoms with Crippen LogP contribution < -0.4 is 10.0 Å². The van der Waals surface area contributed by atoms with Gasteiger partial charge in [0.05, 0.1) is 11.4 Å². The largest absolute Gasteiger partial charge is 0.389 e. The number of halogens is 1. The van der Waals surface area contributed by atoms with Crippen molar-refractivity contribution in [1.82, 2.24) is 0 Å². The van der Waals surface area contributed by atoms with Crippen molar-refractivity contribution in [1.29, 1.82) is 0 Å². The lowest BCUT2D eigenvalue weighted by Gasteiger charge is -2.18. The Morgan fingerprint density at radius 3 is 2.72 bits per heavy atom. The topological polar surface area (TPSA) is 63.4 Å². The number of nitrogens with two attached hydrogens (primary N) is 1. The molecule has 0 aromatic heterocycles.